The standard InChI is InChI=1S/C22H24N2O3/c1-5-12-24-18-13-17(10-11-19(18)27-14-20(24)25)23-21(26)15-6-8-16(9-7-15)22(2,3)4/h5-11,13H,1,12,14H2,2-4H3,(H,23,26). The molecule has 2 amide bonds. The maximum absolute atomic E-state index is 12.6. The number of hydrogen-bond acceptors (Lipinski definition) is 3. The van der Waals surface area contributed by atoms with Gasteiger partial charge in [-0.15, -0.1) is 6.58 Å². The van der Waals surface area contributed by atoms with Crippen LogP contribution in [0.4, 0.5) is 11.4 Å². The number of carbonyl (C=O) groups excluding carboxylic acids is 2. The highest BCUT2D eigenvalue weighted by Gasteiger charge is 2.25. The van der Waals surface area contributed by atoms with Gasteiger partial charge >= 0.3 is 0 Å². The summed E-state index contributed by atoms with van der Waals surface area (Å²) < 4.78 is 5.46. The van der Waals surface area contributed by atoms with Gasteiger partial charge in [0.15, 0.2) is 6.61 Å². The molecule has 0 unspecified atom stereocenters. The Balaban J connectivity index is 1.81. The molecule has 27 heavy (non-hydrogen) atoms. The van der Waals surface area contributed by atoms with Gasteiger partial charge in [0.2, 0.25) is 0 Å². The van der Waals surface area contributed by atoms with Crippen molar-refractivity contribution >= 4 is 23.2 Å². The Morgan fingerprint density at radius 3 is 2.56 bits per heavy atom. The lowest BCUT2D eigenvalue weighted by Crippen LogP contribution is -2.38. The lowest BCUT2D eigenvalue weighted by Gasteiger charge is -2.28. The van der Waals surface area contributed by atoms with Crippen LogP contribution in [0.5, 0.6) is 5.75 Å². The van der Waals surface area contributed by atoms with Gasteiger partial charge in [0.05, 0.1) is 5.69 Å². The zero-order valence-electron chi connectivity index (χ0n) is 15.9. The number of nitrogens with one attached hydrogen (secondary N) is 1. The first kappa shape index (κ1) is 18.7. The Labute approximate surface area is 159 Å². The molecule has 0 aliphatic carbocycles. The predicted molar refractivity (Wildman–Crippen MR) is 108 cm³/mol. The van der Waals surface area contributed by atoms with Gasteiger partial charge in [-0.1, -0.05) is 39.0 Å². The van der Waals surface area contributed by atoms with Gasteiger partial charge in [0.1, 0.15) is 5.75 Å². The predicted octanol–water partition coefficient (Wildman–Crippen LogP) is 4.15. The number of anilines is 2. The Bertz CT molecular complexity index is 879. The van der Waals surface area contributed by atoms with E-state index >= 15 is 0 Å². The molecule has 2 aromatic carbocycles. The first-order valence-electron chi connectivity index (χ1n) is 8.89. The molecule has 1 heterocycles. The zero-order chi connectivity index (χ0) is 19.6. The van der Waals surface area contributed by atoms with Crippen molar-refractivity contribution in [3.63, 3.8) is 0 Å². The first-order valence-corrected chi connectivity index (χ1v) is 8.89. The SMILES string of the molecule is C=CCN1C(=O)COc2ccc(NC(=O)c3ccc(C(C)(C)C)cc3)cc21. The first-order chi connectivity index (χ1) is 12.8. The third-order valence-corrected chi connectivity index (χ3v) is 4.48. The van der Waals surface area contributed by atoms with Crippen molar-refractivity contribution < 1.29 is 14.3 Å². The summed E-state index contributed by atoms with van der Waals surface area (Å²) in [7, 11) is 0. The number of amides is 2. The zero-order valence-corrected chi connectivity index (χ0v) is 15.9. The van der Waals surface area contributed by atoms with E-state index in [1.54, 1.807) is 29.2 Å². The van der Waals surface area contributed by atoms with E-state index in [-0.39, 0.29) is 23.8 Å². The number of carbonyl (C=O) groups is 2. The molecule has 5 heteroatoms. The van der Waals surface area contributed by atoms with E-state index < -0.39 is 0 Å². The van der Waals surface area contributed by atoms with Crippen LogP contribution in [0.2, 0.25) is 0 Å². The summed E-state index contributed by atoms with van der Waals surface area (Å²) in [4.78, 5) is 26.3. The van der Waals surface area contributed by atoms with Gasteiger partial charge < -0.3 is 15.0 Å². The fourth-order valence-electron chi connectivity index (χ4n) is 2.93. The highest BCUT2D eigenvalue weighted by atomic mass is 16.5. The molecule has 0 saturated heterocycles. The Hall–Kier alpha value is -3.08. The van der Waals surface area contributed by atoms with Crippen LogP contribution in [0.25, 0.3) is 0 Å². The molecular weight excluding hydrogens is 340 g/mol. The van der Waals surface area contributed by atoms with Crippen molar-refractivity contribution in [1.82, 2.24) is 0 Å². The van der Waals surface area contributed by atoms with E-state index in [4.69, 9.17) is 4.74 Å². The van der Waals surface area contributed by atoms with E-state index in [0.29, 0.717) is 29.2 Å². The van der Waals surface area contributed by atoms with E-state index in [9.17, 15) is 9.59 Å². The van der Waals surface area contributed by atoms with Crippen LogP contribution in [0.15, 0.2) is 55.1 Å². The van der Waals surface area contributed by atoms with Gasteiger partial charge in [0.25, 0.3) is 11.8 Å². The van der Waals surface area contributed by atoms with E-state index in [0.717, 1.165) is 0 Å². The van der Waals surface area contributed by atoms with Crippen molar-refractivity contribution in [2.75, 3.05) is 23.4 Å². The fraction of sp³-hybridized carbons (Fsp3) is 0.273. The Morgan fingerprint density at radius 1 is 1.22 bits per heavy atom. The molecule has 0 spiro atoms. The van der Waals surface area contributed by atoms with Crippen molar-refractivity contribution in [1.29, 1.82) is 0 Å². The summed E-state index contributed by atoms with van der Waals surface area (Å²) in [6.45, 7) is 10.5. The fourth-order valence-corrected chi connectivity index (χ4v) is 2.93. The molecule has 1 N–H and O–H groups in total. The molecule has 0 fully saturated rings. The van der Waals surface area contributed by atoms with Gasteiger partial charge in [-0.05, 0) is 41.3 Å². The Morgan fingerprint density at radius 2 is 1.93 bits per heavy atom. The van der Waals surface area contributed by atoms with E-state index in [1.807, 2.05) is 24.3 Å². The summed E-state index contributed by atoms with van der Waals surface area (Å²) >= 11 is 0. The third-order valence-electron chi connectivity index (χ3n) is 4.48. The monoisotopic (exact) mass is 364 g/mol. The minimum atomic E-state index is -0.200. The molecule has 140 valence electrons. The number of benzene rings is 2. The molecule has 0 saturated carbocycles. The van der Waals surface area contributed by atoms with Gasteiger partial charge in [-0.2, -0.15) is 0 Å². The van der Waals surface area contributed by atoms with Crippen molar-refractivity contribution in [3.8, 4) is 5.75 Å². The normalized spacial score (nSPS) is 13.6. The molecule has 0 bridgehead atoms. The molecule has 2 aromatic rings. The molecule has 1 aliphatic rings. The average molecular weight is 364 g/mol. The van der Waals surface area contributed by atoms with Crippen LogP contribution >= 0.6 is 0 Å². The minimum absolute atomic E-state index is 0.00662. The number of hydrogen-bond donors (Lipinski definition) is 1. The summed E-state index contributed by atoms with van der Waals surface area (Å²) in [5.41, 5.74) is 3.02. The number of fused-ring (bicyclic) bond motifs is 1. The van der Waals surface area contributed by atoms with Gasteiger partial charge in [-0.3, -0.25) is 9.59 Å². The van der Waals surface area contributed by atoms with Gasteiger partial charge in [-0.25, -0.2) is 0 Å². The van der Waals surface area contributed by atoms with Crippen LogP contribution in [-0.4, -0.2) is 25.0 Å². The second-order valence-electron chi connectivity index (χ2n) is 7.55. The largest absolute Gasteiger partial charge is 0.482 e. The summed E-state index contributed by atoms with van der Waals surface area (Å²) in [6.07, 6.45) is 1.66. The van der Waals surface area contributed by atoms with Crippen molar-refractivity contribution in [2.45, 2.75) is 26.2 Å². The number of rotatable bonds is 4. The average Bonchev–Trinajstić information content (AvgIpc) is 2.63. The molecule has 5 nitrogen and oxygen atoms in total. The lowest BCUT2D eigenvalue weighted by molar-refractivity contribution is -0.121. The summed E-state index contributed by atoms with van der Waals surface area (Å²) in [5, 5.41) is 2.89. The maximum atomic E-state index is 12.6. The maximum Gasteiger partial charge on any atom is 0.265 e. The van der Waals surface area contributed by atoms with Crippen LogP contribution in [0, 0.1) is 0 Å². The highest BCUT2D eigenvalue weighted by molar-refractivity contribution is 6.05. The summed E-state index contributed by atoms with van der Waals surface area (Å²) in [6, 6.07) is 12.9. The Kier molecular flexibility index (Phi) is 5.04. The number of ether oxygens (including phenoxy) is 1. The van der Waals surface area contributed by atoms with Gasteiger partial charge in [0, 0.05) is 17.8 Å². The van der Waals surface area contributed by atoms with Crippen LogP contribution in [0.3, 0.4) is 0 Å². The van der Waals surface area contributed by atoms with Crippen molar-refractivity contribution in [2.24, 2.45) is 0 Å². The molecule has 0 radical (unpaired) electrons. The summed E-state index contributed by atoms with van der Waals surface area (Å²) in [5.74, 6) is 0.279. The minimum Gasteiger partial charge on any atom is -0.482 e. The lowest BCUT2D eigenvalue weighted by atomic mass is 9.87. The third kappa shape index (κ3) is 4.03. The van der Waals surface area contributed by atoms with Crippen LogP contribution in [0.1, 0.15) is 36.7 Å². The van der Waals surface area contributed by atoms with Crippen LogP contribution in [-0.2, 0) is 10.2 Å². The van der Waals surface area contributed by atoms with Crippen molar-refractivity contribution in [3.05, 3.63) is 66.2 Å². The highest BCUT2D eigenvalue weighted by Crippen LogP contribution is 2.34. The number of nitrogens with zero attached hydrogens (tertiary/aromatic N) is 1. The second-order valence-corrected chi connectivity index (χ2v) is 7.55. The molecule has 0 atom stereocenters. The quantitative estimate of drug-likeness (QED) is 0.829. The van der Waals surface area contributed by atoms with E-state index in [1.165, 1.54) is 5.56 Å². The second kappa shape index (κ2) is 7.27. The topological polar surface area (TPSA) is 58.6 Å². The molecule has 3 rings (SSSR count). The van der Waals surface area contributed by atoms with E-state index in [2.05, 4.69) is 32.7 Å². The molecular formula is C22H24N2O3. The molecule has 1 aliphatic heterocycles. The smallest absolute Gasteiger partial charge is 0.265 e. The molecule has 0 aromatic heterocycles. The van der Waals surface area contributed by atoms with Crippen LogP contribution < -0.4 is 15.0 Å².